The Balaban J connectivity index is 1.95. The van der Waals surface area contributed by atoms with Crippen molar-refractivity contribution in [2.24, 2.45) is 0 Å². The third-order valence-corrected chi connectivity index (χ3v) is 3.47. The van der Waals surface area contributed by atoms with Crippen molar-refractivity contribution in [3.63, 3.8) is 0 Å². The van der Waals surface area contributed by atoms with Crippen molar-refractivity contribution >= 4 is 12.6 Å². The molecule has 1 rings (SSSR count). The van der Waals surface area contributed by atoms with Gasteiger partial charge in [0.25, 0.3) is 0 Å². The van der Waals surface area contributed by atoms with Gasteiger partial charge in [0.15, 0.2) is 0 Å². The average molecular weight is 275 g/mol. The smallest absolute Gasteiger partial charge is 0.0594 e. The molecule has 1 aliphatic heterocycles. The summed E-state index contributed by atoms with van der Waals surface area (Å²) in [6.45, 7) is 10.4. The molecular weight excluding hydrogens is 246 g/mol. The molecule has 0 unspecified atom stereocenters. The van der Waals surface area contributed by atoms with Gasteiger partial charge in [-0.05, 0) is 25.9 Å². The zero-order valence-corrected chi connectivity index (χ0v) is 12.7. The predicted molar refractivity (Wildman–Crippen MR) is 80.4 cm³/mol. The Morgan fingerprint density at radius 1 is 1.28 bits per heavy atom. The summed E-state index contributed by atoms with van der Waals surface area (Å²) >= 11 is 4.08. The van der Waals surface area contributed by atoms with Crippen LogP contribution in [-0.2, 0) is 4.74 Å². The molecule has 0 radical (unpaired) electrons. The van der Waals surface area contributed by atoms with Gasteiger partial charge in [0, 0.05) is 31.0 Å². The van der Waals surface area contributed by atoms with Gasteiger partial charge in [-0.25, -0.2) is 0 Å². The van der Waals surface area contributed by atoms with Gasteiger partial charge >= 0.3 is 0 Å². The number of likely N-dealkylation sites (tertiary alicyclic amines) is 1. The Bertz CT molecular complexity index is 197. The summed E-state index contributed by atoms with van der Waals surface area (Å²) in [5.41, 5.74) is 0. The first-order chi connectivity index (χ1) is 8.72. The van der Waals surface area contributed by atoms with Gasteiger partial charge in [-0.1, -0.05) is 13.8 Å². The number of rotatable bonds is 9. The largest absolute Gasteiger partial charge is 0.379 e. The first kappa shape index (κ1) is 16.2. The van der Waals surface area contributed by atoms with Crippen molar-refractivity contribution in [3.8, 4) is 0 Å². The highest BCUT2D eigenvalue weighted by molar-refractivity contribution is 7.80. The summed E-state index contributed by atoms with van der Waals surface area (Å²) < 4.78 is 5.58. The molecule has 0 aliphatic carbocycles. The number of hydrogen-bond acceptors (Lipinski definition) is 5. The van der Waals surface area contributed by atoms with Crippen LogP contribution in [0.25, 0.3) is 0 Å². The molecule has 18 heavy (non-hydrogen) atoms. The van der Waals surface area contributed by atoms with E-state index in [0.29, 0.717) is 12.1 Å². The van der Waals surface area contributed by atoms with Gasteiger partial charge < -0.3 is 20.3 Å². The van der Waals surface area contributed by atoms with Crippen molar-refractivity contribution in [2.75, 3.05) is 45.3 Å². The summed E-state index contributed by atoms with van der Waals surface area (Å²) in [5, 5.41) is 6.75. The maximum absolute atomic E-state index is 5.58. The van der Waals surface area contributed by atoms with E-state index in [0.717, 1.165) is 32.2 Å². The summed E-state index contributed by atoms with van der Waals surface area (Å²) in [4.78, 5) is 2.50. The third kappa shape index (κ3) is 7.59. The Kier molecular flexibility index (Phi) is 9.06. The predicted octanol–water partition coefficient (Wildman–Crippen LogP) is 0.942. The molecule has 0 amide bonds. The molecule has 0 spiro atoms. The molecule has 4 nitrogen and oxygen atoms in total. The first-order valence-electron chi connectivity index (χ1n) is 7.10. The van der Waals surface area contributed by atoms with E-state index in [1.807, 2.05) is 0 Å². The minimum atomic E-state index is 0.601. The van der Waals surface area contributed by atoms with Crippen molar-refractivity contribution in [2.45, 2.75) is 38.8 Å². The second kappa shape index (κ2) is 10.0. The highest BCUT2D eigenvalue weighted by Crippen LogP contribution is 2.10. The Morgan fingerprint density at radius 2 is 2.00 bits per heavy atom. The molecular formula is C13H29N3OS. The molecule has 1 fully saturated rings. The van der Waals surface area contributed by atoms with Crippen LogP contribution < -0.4 is 10.6 Å². The molecule has 0 aromatic rings. The van der Waals surface area contributed by atoms with Crippen LogP contribution in [0.1, 0.15) is 26.7 Å². The summed E-state index contributed by atoms with van der Waals surface area (Å²) in [7, 11) is 0. The highest BCUT2D eigenvalue weighted by atomic mass is 32.1. The van der Waals surface area contributed by atoms with E-state index in [-0.39, 0.29) is 0 Å². The number of thiol groups is 1. The third-order valence-electron chi connectivity index (χ3n) is 3.24. The maximum atomic E-state index is 5.58. The molecule has 0 aromatic heterocycles. The fraction of sp³-hybridized carbons (Fsp3) is 1.00. The lowest BCUT2D eigenvalue weighted by atomic mass is 10.0. The van der Waals surface area contributed by atoms with Gasteiger partial charge in [0.05, 0.1) is 13.2 Å². The van der Waals surface area contributed by atoms with Gasteiger partial charge in [0.1, 0.15) is 0 Å². The van der Waals surface area contributed by atoms with Crippen LogP contribution in [0.5, 0.6) is 0 Å². The summed E-state index contributed by atoms with van der Waals surface area (Å²) in [6, 6.07) is 1.31. The fourth-order valence-corrected chi connectivity index (χ4v) is 2.47. The molecule has 2 N–H and O–H groups in total. The maximum Gasteiger partial charge on any atom is 0.0594 e. The van der Waals surface area contributed by atoms with Gasteiger partial charge in [-0.2, -0.15) is 12.6 Å². The highest BCUT2D eigenvalue weighted by Gasteiger charge is 2.18. The van der Waals surface area contributed by atoms with Crippen LogP contribution in [0.15, 0.2) is 0 Å². The average Bonchev–Trinajstić information content (AvgIpc) is 2.35. The van der Waals surface area contributed by atoms with Gasteiger partial charge in [-0.3, -0.25) is 0 Å². The van der Waals surface area contributed by atoms with Crippen molar-refractivity contribution in [3.05, 3.63) is 0 Å². The zero-order valence-electron chi connectivity index (χ0n) is 11.8. The SMILES string of the molecule is CC(C)NC1CCN(CCOCCNCS)CC1. The van der Waals surface area contributed by atoms with E-state index in [1.165, 1.54) is 25.9 Å². The molecule has 0 aromatic carbocycles. The van der Waals surface area contributed by atoms with E-state index < -0.39 is 0 Å². The second-order valence-electron chi connectivity index (χ2n) is 5.21. The quantitative estimate of drug-likeness (QED) is 0.333. The summed E-state index contributed by atoms with van der Waals surface area (Å²) in [5.74, 6) is 0.722. The fourth-order valence-electron chi connectivity index (χ4n) is 2.31. The van der Waals surface area contributed by atoms with Gasteiger partial charge in [-0.15, -0.1) is 0 Å². The van der Waals surface area contributed by atoms with Crippen LogP contribution >= 0.6 is 12.6 Å². The van der Waals surface area contributed by atoms with Crippen molar-refractivity contribution < 1.29 is 4.74 Å². The molecule has 0 atom stereocenters. The van der Waals surface area contributed by atoms with Crippen LogP contribution in [0.4, 0.5) is 0 Å². The topological polar surface area (TPSA) is 36.5 Å². The number of piperidine rings is 1. The first-order valence-corrected chi connectivity index (χ1v) is 7.73. The number of ether oxygens (including phenoxy) is 1. The Hall–Kier alpha value is 0.190. The zero-order chi connectivity index (χ0) is 13.2. The Morgan fingerprint density at radius 3 is 2.61 bits per heavy atom. The summed E-state index contributed by atoms with van der Waals surface area (Å²) in [6.07, 6.45) is 2.53. The Labute approximate surface area is 117 Å². The van der Waals surface area contributed by atoms with E-state index in [9.17, 15) is 0 Å². The lowest BCUT2D eigenvalue weighted by Crippen LogP contribution is -2.45. The molecule has 1 aliphatic rings. The minimum Gasteiger partial charge on any atom is -0.379 e. The molecule has 0 saturated carbocycles. The molecule has 1 heterocycles. The standard InChI is InChI=1S/C13H29N3OS/c1-12(2)15-13-3-6-16(7-4-13)8-10-17-9-5-14-11-18/h12-15,18H,3-11H2,1-2H3. The molecule has 108 valence electrons. The number of hydrogen-bond donors (Lipinski definition) is 3. The van der Waals surface area contributed by atoms with Gasteiger partial charge in [0.2, 0.25) is 0 Å². The van der Waals surface area contributed by atoms with Crippen LogP contribution in [0.2, 0.25) is 0 Å². The lowest BCUT2D eigenvalue weighted by Gasteiger charge is -2.33. The van der Waals surface area contributed by atoms with E-state index in [4.69, 9.17) is 4.74 Å². The van der Waals surface area contributed by atoms with E-state index in [2.05, 4.69) is 42.0 Å². The monoisotopic (exact) mass is 275 g/mol. The number of nitrogens with one attached hydrogen (secondary N) is 2. The van der Waals surface area contributed by atoms with Crippen molar-refractivity contribution in [1.29, 1.82) is 0 Å². The van der Waals surface area contributed by atoms with Crippen LogP contribution in [0, 0.1) is 0 Å². The lowest BCUT2D eigenvalue weighted by molar-refractivity contribution is 0.0931. The molecule has 0 bridgehead atoms. The number of nitrogens with zero attached hydrogens (tertiary/aromatic N) is 1. The molecule has 1 saturated heterocycles. The van der Waals surface area contributed by atoms with Crippen LogP contribution in [0.3, 0.4) is 0 Å². The van der Waals surface area contributed by atoms with Crippen molar-refractivity contribution in [1.82, 2.24) is 15.5 Å². The van der Waals surface area contributed by atoms with Crippen LogP contribution in [-0.4, -0.2) is 62.3 Å². The van der Waals surface area contributed by atoms with E-state index in [1.54, 1.807) is 0 Å². The minimum absolute atomic E-state index is 0.601. The normalized spacial score (nSPS) is 18.7. The second-order valence-corrected chi connectivity index (χ2v) is 5.52. The molecule has 5 heteroatoms. The van der Waals surface area contributed by atoms with E-state index >= 15 is 0 Å².